The monoisotopic (exact) mass is 185 g/mol. The normalized spacial score (nSPS) is 8.62. The highest BCUT2D eigenvalue weighted by molar-refractivity contribution is 5.41. The van der Waals surface area contributed by atoms with E-state index in [-0.39, 0.29) is 5.75 Å². The minimum Gasteiger partial charge on any atom is -0.504 e. The van der Waals surface area contributed by atoms with E-state index in [2.05, 4.69) is 0 Å². The van der Waals surface area contributed by atoms with Crippen LogP contribution in [0.5, 0.6) is 11.5 Å². The minimum absolute atomic E-state index is 0.143. The van der Waals surface area contributed by atoms with Crippen molar-refractivity contribution in [3.63, 3.8) is 0 Å². The summed E-state index contributed by atoms with van der Waals surface area (Å²) in [5.74, 6) is 0.609. The number of aliphatic hydroxyl groups is 1. The molecule has 0 radical (unpaired) electrons. The molecule has 74 valence electrons. The summed E-state index contributed by atoms with van der Waals surface area (Å²) in [6.45, 7) is 0.455. The molecular formula is C9H15NO3. The molecule has 4 nitrogen and oxygen atoms in total. The predicted octanol–water partition coefficient (Wildman–Crippen LogP) is 0.468. The van der Waals surface area contributed by atoms with E-state index in [1.165, 1.54) is 7.11 Å². The molecule has 4 heteroatoms. The number of phenols is 1. The SMILES string of the molecule is CO.COc1cc(CN)ccc1O. The van der Waals surface area contributed by atoms with Crippen molar-refractivity contribution >= 4 is 0 Å². The van der Waals surface area contributed by atoms with Gasteiger partial charge in [0.05, 0.1) is 7.11 Å². The molecule has 0 unspecified atom stereocenters. The Morgan fingerprint density at radius 1 is 1.38 bits per heavy atom. The molecule has 13 heavy (non-hydrogen) atoms. The predicted molar refractivity (Wildman–Crippen MR) is 50.7 cm³/mol. The lowest BCUT2D eigenvalue weighted by atomic mass is 10.2. The Kier molecular flexibility index (Phi) is 5.67. The first-order chi connectivity index (χ1) is 6.27. The number of hydrogen-bond acceptors (Lipinski definition) is 4. The van der Waals surface area contributed by atoms with Crippen LogP contribution in [-0.2, 0) is 6.54 Å². The maximum absolute atomic E-state index is 9.16. The molecule has 0 aliphatic heterocycles. The molecule has 0 bridgehead atoms. The van der Waals surface area contributed by atoms with E-state index in [9.17, 15) is 0 Å². The van der Waals surface area contributed by atoms with Crippen molar-refractivity contribution in [1.82, 2.24) is 0 Å². The molecule has 4 N–H and O–H groups in total. The number of benzene rings is 1. The molecular weight excluding hydrogens is 170 g/mol. The number of ether oxygens (including phenoxy) is 1. The highest BCUT2D eigenvalue weighted by Crippen LogP contribution is 2.25. The van der Waals surface area contributed by atoms with Gasteiger partial charge >= 0.3 is 0 Å². The number of aliphatic hydroxyl groups excluding tert-OH is 1. The molecule has 0 atom stereocenters. The van der Waals surface area contributed by atoms with Gasteiger partial charge < -0.3 is 20.7 Å². The zero-order valence-corrected chi connectivity index (χ0v) is 7.82. The number of rotatable bonds is 2. The smallest absolute Gasteiger partial charge is 0.160 e. The summed E-state index contributed by atoms with van der Waals surface area (Å²) in [5, 5.41) is 16.2. The molecule has 0 spiro atoms. The Balaban J connectivity index is 0.000000671. The molecule has 1 rings (SSSR count). The largest absolute Gasteiger partial charge is 0.504 e. The summed E-state index contributed by atoms with van der Waals surface area (Å²) < 4.78 is 4.88. The second-order valence-electron chi connectivity index (χ2n) is 2.21. The van der Waals surface area contributed by atoms with E-state index in [1.54, 1.807) is 18.2 Å². The lowest BCUT2D eigenvalue weighted by Gasteiger charge is -2.03. The van der Waals surface area contributed by atoms with Crippen LogP contribution in [0, 0.1) is 0 Å². The molecule has 0 aliphatic carbocycles. The Labute approximate surface area is 77.6 Å². The molecule has 0 heterocycles. The van der Waals surface area contributed by atoms with Gasteiger partial charge in [0.25, 0.3) is 0 Å². The van der Waals surface area contributed by atoms with Gasteiger partial charge in [0.2, 0.25) is 0 Å². The Bertz CT molecular complexity index is 251. The topological polar surface area (TPSA) is 75.7 Å². The van der Waals surface area contributed by atoms with E-state index < -0.39 is 0 Å². The second kappa shape index (κ2) is 6.28. The fraction of sp³-hybridized carbons (Fsp3) is 0.333. The number of hydrogen-bond donors (Lipinski definition) is 3. The average molecular weight is 185 g/mol. The standard InChI is InChI=1S/C8H11NO2.CH4O/c1-11-8-4-6(5-9)2-3-7(8)10;1-2/h2-4,10H,5,9H2,1H3;2H,1H3. The van der Waals surface area contributed by atoms with Crippen LogP contribution in [0.4, 0.5) is 0 Å². The van der Waals surface area contributed by atoms with Crippen LogP contribution in [-0.4, -0.2) is 24.4 Å². The highest BCUT2D eigenvalue weighted by Gasteiger charge is 1.99. The molecule has 0 amide bonds. The maximum Gasteiger partial charge on any atom is 0.160 e. The Morgan fingerprint density at radius 2 is 2.00 bits per heavy atom. The van der Waals surface area contributed by atoms with Gasteiger partial charge in [0, 0.05) is 13.7 Å². The maximum atomic E-state index is 9.16. The van der Waals surface area contributed by atoms with Crippen molar-refractivity contribution < 1.29 is 14.9 Å². The lowest BCUT2D eigenvalue weighted by Crippen LogP contribution is -1.96. The van der Waals surface area contributed by atoms with Gasteiger partial charge in [-0.2, -0.15) is 0 Å². The molecule has 0 aromatic heterocycles. The Hall–Kier alpha value is -1.26. The molecule has 0 saturated carbocycles. The van der Waals surface area contributed by atoms with Crippen LogP contribution in [0.25, 0.3) is 0 Å². The van der Waals surface area contributed by atoms with Gasteiger partial charge in [-0.1, -0.05) is 6.07 Å². The number of nitrogens with two attached hydrogens (primary N) is 1. The average Bonchev–Trinajstić information content (AvgIpc) is 2.22. The van der Waals surface area contributed by atoms with Gasteiger partial charge in [-0.15, -0.1) is 0 Å². The van der Waals surface area contributed by atoms with Gasteiger partial charge in [-0.05, 0) is 17.7 Å². The van der Waals surface area contributed by atoms with Crippen LogP contribution in [0.1, 0.15) is 5.56 Å². The lowest BCUT2D eigenvalue weighted by molar-refractivity contribution is 0.373. The molecule has 0 saturated heterocycles. The third-order valence-corrected chi connectivity index (χ3v) is 1.48. The second-order valence-corrected chi connectivity index (χ2v) is 2.21. The van der Waals surface area contributed by atoms with Crippen molar-refractivity contribution in [2.75, 3.05) is 14.2 Å². The summed E-state index contributed by atoms with van der Waals surface area (Å²) in [7, 11) is 2.51. The van der Waals surface area contributed by atoms with E-state index in [1.807, 2.05) is 0 Å². The van der Waals surface area contributed by atoms with Crippen molar-refractivity contribution in [1.29, 1.82) is 0 Å². The summed E-state index contributed by atoms with van der Waals surface area (Å²) in [4.78, 5) is 0. The molecule has 0 fully saturated rings. The first-order valence-electron chi connectivity index (χ1n) is 3.78. The first-order valence-corrected chi connectivity index (χ1v) is 3.78. The highest BCUT2D eigenvalue weighted by atomic mass is 16.5. The van der Waals surface area contributed by atoms with E-state index in [4.69, 9.17) is 20.7 Å². The van der Waals surface area contributed by atoms with Crippen LogP contribution >= 0.6 is 0 Å². The summed E-state index contributed by atoms with van der Waals surface area (Å²) in [6, 6.07) is 5.05. The minimum atomic E-state index is 0.143. The van der Waals surface area contributed by atoms with Crippen molar-refractivity contribution in [3.05, 3.63) is 23.8 Å². The van der Waals surface area contributed by atoms with E-state index in [0.29, 0.717) is 12.3 Å². The van der Waals surface area contributed by atoms with Crippen LogP contribution in [0.2, 0.25) is 0 Å². The summed E-state index contributed by atoms with van der Waals surface area (Å²) in [5.41, 5.74) is 6.33. The first kappa shape index (κ1) is 11.7. The summed E-state index contributed by atoms with van der Waals surface area (Å²) in [6.07, 6.45) is 0. The third kappa shape index (κ3) is 3.31. The fourth-order valence-corrected chi connectivity index (χ4v) is 0.849. The van der Waals surface area contributed by atoms with E-state index >= 15 is 0 Å². The third-order valence-electron chi connectivity index (χ3n) is 1.48. The molecule has 0 aliphatic rings. The number of phenolic OH excluding ortho intramolecular Hbond substituents is 1. The number of methoxy groups -OCH3 is 1. The van der Waals surface area contributed by atoms with Crippen molar-refractivity contribution in [3.8, 4) is 11.5 Å². The zero-order valence-electron chi connectivity index (χ0n) is 7.82. The summed E-state index contributed by atoms with van der Waals surface area (Å²) >= 11 is 0. The van der Waals surface area contributed by atoms with Gasteiger partial charge in [-0.3, -0.25) is 0 Å². The van der Waals surface area contributed by atoms with Crippen LogP contribution in [0.15, 0.2) is 18.2 Å². The zero-order chi connectivity index (χ0) is 10.3. The van der Waals surface area contributed by atoms with Gasteiger partial charge in [0.15, 0.2) is 11.5 Å². The molecule has 1 aromatic carbocycles. The van der Waals surface area contributed by atoms with Crippen LogP contribution in [0.3, 0.4) is 0 Å². The quantitative estimate of drug-likeness (QED) is 0.626. The molecule has 1 aromatic rings. The number of aromatic hydroxyl groups is 1. The van der Waals surface area contributed by atoms with Gasteiger partial charge in [0.1, 0.15) is 0 Å². The van der Waals surface area contributed by atoms with Crippen molar-refractivity contribution in [2.24, 2.45) is 5.73 Å². The van der Waals surface area contributed by atoms with E-state index in [0.717, 1.165) is 12.7 Å². The van der Waals surface area contributed by atoms with Crippen LogP contribution < -0.4 is 10.5 Å². The van der Waals surface area contributed by atoms with Gasteiger partial charge in [-0.25, -0.2) is 0 Å². The fourth-order valence-electron chi connectivity index (χ4n) is 0.849. The van der Waals surface area contributed by atoms with Crippen molar-refractivity contribution in [2.45, 2.75) is 6.54 Å². The Morgan fingerprint density at radius 3 is 2.46 bits per heavy atom.